The Morgan fingerprint density at radius 3 is 3.00 bits per heavy atom. The Labute approximate surface area is 124 Å². The van der Waals surface area contributed by atoms with Gasteiger partial charge in [-0.05, 0) is 24.5 Å². The van der Waals surface area contributed by atoms with Gasteiger partial charge in [0, 0.05) is 13.1 Å². The average molecular weight is 284 g/mol. The van der Waals surface area contributed by atoms with E-state index in [4.69, 9.17) is 10.5 Å². The lowest BCUT2D eigenvalue weighted by atomic mass is 9.92. The van der Waals surface area contributed by atoms with Crippen molar-refractivity contribution in [2.45, 2.75) is 19.4 Å². The fourth-order valence-electron chi connectivity index (χ4n) is 2.87. The van der Waals surface area contributed by atoms with Gasteiger partial charge in [0.05, 0.1) is 25.0 Å². The van der Waals surface area contributed by atoms with E-state index in [0.29, 0.717) is 19.0 Å². The van der Waals surface area contributed by atoms with Crippen molar-refractivity contribution < 1.29 is 4.74 Å². The zero-order valence-electron chi connectivity index (χ0n) is 12.2. The molecule has 2 N–H and O–H groups in total. The van der Waals surface area contributed by atoms with Crippen LogP contribution in [0.1, 0.15) is 24.1 Å². The number of nitrogens with two attached hydrogens (primary N) is 1. The minimum atomic E-state index is 0.140. The van der Waals surface area contributed by atoms with Crippen LogP contribution in [0.25, 0.3) is 0 Å². The summed E-state index contributed by atoms with van der Waals surface area (Å²) in [6, 6.07) is 8.61. The van der Waals surface area contributed by atoms with E-state index in [1.54, 1.807) is 12.4 Å². The van der Waals surface area contributed by atoms with Crippen LogP contribution in [0.2, 0.25) is 0 Å². The predicted molar refractivity (Wildman–Crippen MR) is 82.5 cm³/mol. The lowest BCUT2D eigenvalue weighted by molar-refractivity contribution is 0.325. The average Bonchev–Trinajstić information content (AvgIpc) is 2.54. The zero-order chi connectivity index (χ0) is 14.7. The Bertz CT molecular complexity index is 617. The molecule has 0 spiro atoms. The van der Waals surface area contributed by atoms with E-state index in [0.717, 1.165) is 18.8 Å². The Kier molecular flexibility index (Phi) is 4.01. The van der Waals surface area contributed by atoms with Crippen molar-refractivity contribution in [3.8, 4) is 5.88 Å². The summed E-state index contributed by atoms with van der Waals surface area (Å²) in [5, 5.41) is 0. The van der Waals surface area contributed by atoms with Crippen molar-refractivity contribution in [2.75, 3.05) is 24.6 Å². The van der Waals surface area contributed by atoms with Crippen LogP contribution in [0.3, 0.4) is 0 Å². The van der Waals surface area contributed by atoms with Gasteiger partial charge in [0.1, 0.15) is 0 Å². The Hall–Kier alpha value is -2.14. The molecule has 5 nitrogen and oxygen atoms in total. The van der Waals surface area contributed by atoms with Gasteiger partial charge in [0.15, 0.2) is 5.82 Å². The first kappa shape index (κ1) is 13.8. The van der Waals surface area contributed by atoms with Gasteiger partial charge in [-0.25, -0.2) is 0 Å². The number of hydrogen-bond donors (Lipinski definition) is 1. The van der Waals surface area contributed by atoms with Crippen molar-refractivity contribution in [1.29, 1.82) is 0 Å². The first-order valence-corrected chi connectivity index (χ1v) is 7.32. The smallest absolute Gasteiger partial charge is 0.234 e. The molecule has 0 amide bonds. The van der Waals surface area contributed by atoms with E-state index in [-0.39, 0.29) is 6.04 Å². The summed E-state index contributed by atoms with van der Waals surface area (Å²) in [6.07, 6.45) is 4.41. The molecule has 3 rings (SSSR count). The number of rotatable bonds is 4. The van der Waals surface area contributed by atoms with Gasteiger partial charge < -0.3 is 15.4 Å². The molecule has 2 aromatic rings. The summed E-state index contributed by atoms with van der Waals surface area (Å²) in [7, 11) is 0. The molecule has 0 bridgehead atoms. The Morgan fingerprint density at radius 2 is 2.19 bits per heavy atom. The molecule has 1 aliphatic heterocycles. The summed E-state index contributed by atoms with van der Waals surface area (Å²) in [4.78, 5) is 11.0. The third kappa shape index (κ3) is 2.69. The maximum atomic E-state index is 6.02. The van der Waals surface area contributed by atoms with E-state index in [2.05, 4.69) is 39.1 Å². The largest absolute Gasteiger partial charge is 0.477 e. The van der Waals surface area contributed by atoms with Gasteiger partial charge >= 0.3 is 0 Å². The summed E-state index contributed by atoms with van der Waals surface area (Å²) < 4.78 is 5.44. The quantitative estimate of drug-likeness (QED) is 0.929. The highest BCUT2D eigenvalue weighted by molar-refractivity contribution is 5.47. The number of nitrogens with zero attached hydrogens (tertiary/aromatic N) is 3. The van der Waals surface area contributed by atoms with Crippen LogP contribution >= 0.6 is 0 Å². The molecule has 0 saturated heterocycles. The van der Waals surface area contributed by atoms with Crippen molar-refractivity contribution >= 4 is 5.82 Å². The predicted octanol–water partition coefficient (Wildman–Crippen LogP) is 1.94. The topological polar surface area (TPSA) is 64.3 Å². The summed E-state index contributed by atoms with van der Waals surface area (Å²) in [5.41, 5.74) is 8.68. The SMILES string of the molecule is CCOc1cncc(N2CCc3ccccc3C2CN)n1. The summed E-state index contributed by atoms with van der Waals surface area (Å²) in [6.45, 7) is 3.97. The molecule has 0 radical (unpaired) electrons. The second-order valence-corrected chi connectivity index (χ2v) is 5.04. The maximum absolute atomic E-state index is 6.02. The van der Waals surface area contributed by atoms with Crippen molar-refractivity contribution in [3.05, 3.63) is 47.8 Å². The van der Waals surface area contributed by atoms with Crippen LogP contribution < -0.4 is 15.4 Å². The zero-order valence-corrected chi connectivity index (χ0v) is 12.2. The van der Waals surface area contributed by atoms with Crippen LogP contribution in [-0.4, -0.2) is 29.7 Å². The summed E-state index contributed by atoms with van der Waals surface area (Å²) >= 11 is 0. The van der Waals surface area contributed by atoms with Crippen LogP contribution in [0, 0.1) is 0 Å². The molecule has 1 unspecified atom stereocenters. The highest BCUT2D eigenvalue weighted by atomic mass is 16.5. The number of hydrogen-bond acceptors (Lipinski definition) is 5. The lowest BCUT2D eigenvalue weighted by Crippen LogP contribution is -2.40. The van der Waals surface area contributed by atoms with Crippen molar-refractivity contribution in [3.63, 3.8) is 0 Å². The maximum Gasteiger partial charge on any atom is 0.234 e. The Morgan fingerprint density at radius 1 is 1.33 bits per heavy atom. The van der Waals surface area contributed by atoms with Crippen LogP contribution in [-0.2, 0) is 6.42 Å². The minimum absolute atomic E-state index is 0.140. The van der Waals surface area contributed by atoms with Crippen LogP contribution in [0.4, 0.5) is 5.82 Å². The molecule has 2 heterocycles. The Balaban J connectivity index is 1.94. The van der Waals surface area contributed by atoms with Gasteiger partial charge in [-0.15, -0.1) is 0 Å². The molecule has 0 saturated carbocycles. The van der Waals surface area contributed by atoms with Crippen molar-refractivity contribution in [1.82, 2.24) is 9.97 Å². The van der Waals surface area contributed by atoms with Gasteiger partial charge in [-0.3, -0.25) is 4.98 Å². The molecular formula is C16H20N4O. The highest BCUT2D eigenvalue weighted by Crippen LogP contribution is 2.32. The number of fused-ring (bicyclic) bond motifs is 1. The van der Waals surface area contributed by atoms with Gasteiger partial charge in [-0.1, -0.05) is 24.3 Å². The molecule has 0 aliphatic carbocycles. The molecule has 0 fully saturated rings. The second-order valence-electron chi connectivity index (χ2n) is 5.04. The third-order valence-corrected chi connectivity index (χ3v) is 3.82. The van der Waals surface area contributed by atoms with Gasteiger partial charge in [0.25, 0.3) is 0 Å². The first-order valence-electron chi connectivity index (χ1n) is 7.32. The molecule has 1 aromatic carbocycles. The molecule has 1 aliphatic rings. The van der Waals surface area contributed by atoms with E-state index in [1.165, 1.54) is 11.1 Å². The summed E-state index contributed by atoms with van der Waals surface area (Å²) in [5.74, 6) is 1.38. The molecule has 5 heteroatoms. The second kappa shape index (κ2) is 6.10. The highest BCUT2D eigenvalue weighted by Gasteiger charge is 2.27. The molecule has 1 aromatic heterocycles. The normalized spacial score (nSPS) is 17.4. The number of ether oxygens (including phenoxy) is 1. The van der Waals surface area contributed by atoms with Gasteiger partial charge in [0.2, 0.25) is 5.88 Å². The standard InChI is InChI=1S/C16H20N4O/c1-2-21-16-11-18-10-15(19-16)20-8-7-12-5-3-4-6-13(12)14(20)9-17/h3-6,10-11,14H,2,7-9,17H2,1H3. The fourth-order valence-corrected chi connectivity index (χ4v) is 2.87. The minimum Gasteiger partial charge on any atom is -0.477 e. The molecule has 21 heavy (non-hydrogen) atoms. The monoisotopic (exact) mass is 284 g/mol. The number of benzene rings is 1. The lowest BCUT2D eigenvalue weighted by Gasteiger charge is -2.37. The van der Waals surface area contributed by atoms with Crippen LogP contribution in [0.15, 0.2) is 36.7 Å². The first-order chi connectivity index (χ1) is 10.3. The van der Waals surface area contributed by atoms with E-state index >= 15 is 0 Å². The molecular weight excluding hydrogens is 264 g/mol. The number of aromatic nitrogens is 2. The fraction of sp³-hybridized carbons (Fsp3) is 0.375. The van der Waals surface area contributed by atoms with E-state index < -0.39 is 0 Å². The van der Waals surface area contributed by atoms with E-state index in [9.17, 15) is 0 Å². The van der Waals surface area contributed by atoms with Crippen molar-refractivity contribution in [2.24, 2.45) is 5.73 Å². The number of anilines is 1. The van der Waals surface area contributed by atoms with Gasteiger partial charge in [-0.2, -0.15) is 4.98 Å². The molecule has 1 atom stereocenters. The third-order valence-electron chi connectivity index (χ3n) is 3.82. The van der Waals surface area contributed by atoms with Crippen LogP contribution in [0.5, 0.6) is 5.88 Å². The molecule has 110 valence electrons. The van der Waals surface area contributed by atoms with E-state index in [1.807, 2.05) is 6.92 Å².